The maximum absolute atomic E-state index is 14.3. The summed E-state index contributed by atoms with van der Waals surface area (Å²) < 4.78 is 15.8. The summed E-state index contributed by atoms with van der Waals surface area (Å²) in [7, 11) is 1.69. The van der Waals surface area contributed by atoms with Crippen molar-refractivity contribution in [3.8, 4) is 11.3 Å². The number of nitrogens with one attached hydrogen (secondary N) is 1. The van der Waals surface area contributed by atoms with Gasteiger partial charge in [0.05, 0.1) is 18.0 Å². The predicted octanol–water partition coefficient (Wildman–Crippen LogP) is 2.09. The second kappa shape index (κ2) is 9.52. The third-order valence-corrected chi connectivity index (χ3v) is 6.74. The average molecular weight is 465 g/mol. The zero-order chi connectivity index (χ0) is 23.7. The summed E-state index contributed by atoms with van der Waals surface area (Å²) >= 11 is 0. The van der Waals surface area contributed by atoms with Crippen LogP contribution in [0.15, 0.2) is 53.6 Å². The number of aliphatic hydroxyl groups is 1. The van der Waals surface area contributed by atoms with Crippen LogP contribution in [0.1, 0.15) is 24.4 Å². The molecule has 0 spiro atoms. The minimum absolute atomic E-state index is 0.0733. The minimum Gasteiger partial charge on any atom is -0.393 e. The van der Waals surface area contributed by atoms with Gasteiger partial charge in [0.2, 0.25) is 5.95 Å². The average Bonchev–Trinajstić information content (AvgIpc) is 2.87. The number of piperazine rings is 1. The lowest BCUT2D eigenvalue weighted by molar-refractivity contribution is 0.145. The van der Waals surface area contributed by atoms with Crippen molar-refractivity contribution in [2.75, 3.05) is 42.5 Å². The van der Waals surface area contributed by atoms with E-state index in [0.29, 0.717) is 24.7 Å². The Morgan fingerprint density at radius 3 is 2.59 bits per heavy atom. The third-order valence-electron chi connectivity index (χ3n) is 6.74. The highest BCUT2D eigenvalue weighted by atomic mass is 19.1. The second-order valence-corrected chi connectivity index (χ2v) is 8.96. The van der Waals surface area contributed by atoms with Gasteiger partial charge in [-0.2, -0.15) is 0 Å². The Kier molecular flexibility index (Phi) is 6.30. The molecular formula is C25H29FN6O2. The standard InChI is InChI=1S/C25H29FN6O2/c1-30-24(34)14-22(20-6-9-27-15-21(20)26)29-25(30)32-13-10-28-23(16-32)17-2-4-18(5-3-17)31-11-7-19(33)8-12-31/h2-6,9,14-15,19,23,28,33H,7-8,10-13,16H2,1H3/t23-/m1/s1. The molecule has 4 heterocycles. The molecule has 2 fully saturated rings. The molecule has 2 aromatic heterocycles. The number of aliphatic hydroxyl groups excluding tert-OH is 1. The van der Waals surface area contributed by atoms with E-state index in [1.54, 1.807) is 7.05 Å². The molecule has 2 N–H and O–H groups in total. The molecule has 5 rings (SSSR count). The van der Waals surface area contributed by atoms with Crippen molar-refractivity contribution in [1.29, 1.82) is 0 Å². The number of halogens is 1. The zero-order valence-corrected chi connectivity index (χ0v) is 19.2. The SMILES string of the molecule is Cn1c(N2CCN[C@@H](c3ccc(N4CCC(O)CC4)cc3)C2)nc(-c2ccncc2F)cc1=O. The number of hydrogen-bond acceptors (Lipinski definition) is 7. The van der Waals surface area contributed by atoms with Gasteiger partial charge >= 0.3 is 0 Å². The molecule has 0 saturated carbocycles. The van der Waals surface area contributed by atoms with Gasteiger partial charge in [-0.05, 0) is 36.6 Å². The number of pyridine rings is 1. The van der Waals surface area contributed by atoms with Crippen molar-refractivity contribution in [1.82, 2.24) is 19.9 Å². The van der Waals surface area contributed by atoms with Crippen LogP contribution in [0.3, 0.4) is 0 Å². The van der Waals surface area contributed by atoms with Crippen molar-refractivity contribution in [3.05, 3.63) is 70.5 Å². The van der Waals surface area contributed by atoms with Crippen LogP contribution in [0.4, 0.5) is 16.0 Å². The number of rotatable bonds is 4. The van der Waals surface area contributed by atoms with E-state index in [2.05, 4.69) is 49.4 Å². The fourth-order valence-electron chi connectivity index (χ4n) is 4.73. The monoisotopic (exact) mass is 464 g/mol. The lowest BCUT2D eigenvalue weighted by Gasteiger charge is -2.36. The van der Waals surface area contributed by atoms with E-state index >= 15 is 0 Å². The van der Waals surface area contributed by atoms with E-state index in [4.69, 9.17) is 0 Å². The van der Waals surface area contributed by atoms with Gasteiger partial charge in [-0.1, -0.05) is 12.1 Å². The number of benzene rings is 1. The summed E-state index contributed by atoms with van der Waals surface area (Å²) in [4.78, 5) is 25.5. The van der Waals surface area contributed by atoms with Crippen LogP contribution < -0.4 is 20.7 Å². The number of piperidine rings is 1. The van der Waals surface area contributed by atoms with E-state index in [1.807, 2.05) is 0 Å². The van der Waals surface area contributed by atoms with Crippen LogP contribution in [-0.2, 0) is 7.05 Å². The van der Waals surface area contributed by atoms with E-state index in [-0.39, 0.29) is 23.3 Å². The molecule has 0 aliphatic carbocycles. The first-order valence-corrected chi connectivity index (χ1v) is 11.7. The van der Waals surface area contributed by atoms with Gasteiger partial charge in [0.1, 0.15) is 0 Å². The van der Waals surface area contributed by atoms with E-state index in [1.165, 1.54) is 28.6 Å². The zero-order valence-electron chi connectivity index (χ0n) is 19.2. The Balaban J connectivity index is 1.36. The second-order valence-electron chi connectivity index (χ2n) is 8.96. The molecule has 34 heavy (non-hydrogen) atoms. The normalized spacial score (nSPS) is 19.4. The number of hydrogen-bond donors (Lipinski definition) is 2. The third kappa shape index (κ3) is 4.53. The van der Waals surface area contributed by atoms with Crippen LogP contribution in [0.25, 0.3) is 11.3 Å². The first kappa shape index (κ1) is 22.5. The highest BCUT2D eigenvalue weighted by Crippen LogP contribution is 2.26. The van der Waals surface area contributed by atoms with Crippen molar-refractivity contribution < 1.29 is 9.50 Å². The van der Waals surface area contributed by atoms with Crippen LogP contribution in [0.2, 0.25) is 0 Å². The molecule has 2 saturated heterocycles. The topological polar surface area (TPSA) is 86.5 Å². The lowest BCUT2D eigenvalue weighted by Crippen LogP contribution is -2.47. The minimum atomic E-state index is -0.504. The van der Waals surface area contributed by atoms with Gasteiger partial charge in [0, 0.05) is 69.3 Å². The first-order chi connectivity index (χ1) is 16.5. The molecule has 9 heteroatoms. The van der Waals surface area contributed by atoms with Gasteiger partial charge in [0.15, 0.2) is 5.82 Å². The fraction of sp³-hybridized carbons (Fsp3) is 0.400. The van der Waals surface area contributed by atoms with Crippen LogP contribution >= 0.6 is 0 Å². The van der Waals surface area contributed by atoms with Gasteiger partial charge < -0.3 is 20.2 Å². The molecule has 0 radical (unpaired) electrons. The largest absolute Gasteiger partial charge is 0.393 e. The first-order valence-electron chi connectivity index (χ1n) is 11.7. The molecule has 8 nitrogen and oxygen atoms in total. The summed E-state index contributed by atoms with van der Waals surface area (Å²) in [5.41, 5.74) is 2.67. The molecule has 3 aromatic rings. The Labute approximate surface area is 197 Å². The van der Waals surface area contributed by atoms with Crippen LogP contribution in [-0.4, -0.2) is 58.5 Å². The molecule has 0 unspecified atom stereocenters. The van der Waals surface area contributed by atoms with Crippen molar-refractivity contribution >= 4 is 11.6 Å². The van der Waals surface area contributed by atoms with Crippen molar-refractivity contribution in [2.45, 2.75) is 25.0 Å². The molecular weight excluding hydrogens is 435 g/mol. The molecule has 178 valence electrons. The molecule has 2 aliphatic heterocycles. The summed E-state index contributed by atoms with van der Waals surface area (Å²) in [6.07, 6.45) is 4.04. The molecule has 2 aliphatic rings. The maximum Gasteiger partial charge on any atom is 0.255 e. The number of nitrogens with zero attached hydrogens (tertiary/aromatic N) is 5. The summed E-state index contributed by atoms with van der Waals surface area (Å²) in [6, 6.07) is 11.5. The van der Waals surface area contributed by atoms with Gasteiger partial charge in [-0.3, -0.25) is 14.3 Å². The fourth-order valence-corrected chi connectivity index (χ4v) is 4.73. The van der Waals surface area contributed by atoms with Crippen molar-refractivity contribution in [2.24, 2.45) is 7.05 Å². The van der Waals surface area contributed by atoms with E-state index in [0.717, 1.165) is 44.2 Å². The maximum atomic E-state index is 14.3. The quantitative estimate of drug-likeness (QED) is 0.612. The highest BCUT2D eigenvalue weighted by Gasteiger charge is 2.25. The Bertz CT molecular complexity index is 1210. The molecule has 1 aromatic carbocycles. The smallest absolute Gasteiger partial charge is 0.255 e. The lowest BCUT2D eigenvalue weighted by atomic mass is 10.0. The Hall–Kier alpha value is -3.30. The van der Waals surface area contributed by atoms with Gasteiger partial charge in [0.25, 0.3) is 5.56 Å². The predicted molar refractivity (Wildman–Crippen MR) is 130 cm³/mol. The Morgan fingerprint density at radius 1 is 1.09 bits per heavy atom. The van der Waals surface area contributed by atoms with Crippen LogP contribution in [0.5, 0.6) is 0 Å². The highest BCUT2D eigenvalue weighted by molar-refractivity contribution is 5.60. The molecule has 0 bridgehead atoms. The number of anilines is 2. The van der Waals surface area contributed by atoms with Crippen molar-refractivity contribution in [3.63, 3.8) is 0 Å². The van der Waals surface area contributed by atoms with Crippen LogP contribution in [0, 0.1) is 5.82 Å². The summed E-state index contributed by atoms with van der Waals surface area (Å²) in [5, 5.41) is 13.3. The number of aromatic nitrogens is 3. The Morgan fingerprint density at radius 2 is 1.85 bits per heavy atom. The molecule has 1 atom stereocenters. The van der Waals surface area contributed by atoms with E-state index < -0.39 is 5.82 Å². The summed E-state index contributed by atoms with van der Waals surface area (Å²) in [5.74, 6) is 0.0180. The van der Waals surface area contributed by atoms with Gasteiger partial charge in [-0.15, -0.1) is 0 Å². The van der Waals surface area contributed by atoms with Gasteiger partial charge in [-0.25, -0.2) is 9.37 Å². The molecule has 0 amide bonds. The summed E-state index contributed by atoms with van der Waals surface area (Å²) in [6.45, 7) is 3.79. The van der Waals surface area contributed by atoms with E-state index in [9.17, 15) is 14.3 Å².